The number of benzene rings is 2. The fourth-order valence-electron chi connectivity index (χ4n) is 2.48. The lowest BCUT2D eigenvalue weighted by Crippen LogP contribution is -2.26. The summed E-state index contributed by atoms with van der Waals surface area (Å²) in [5.41, 5.74) is 3.15. The van der Waals surface area contributed by atoms with Gasteiger partial charge in [0.2, 0.25) is 11.8 Å². The van der Waals surface area contributed by atoms with E-state index >= 15 is 0 Å². The molecule has 1 heterocycles. The molecule has 0 atom stereocenters. The normalized spacial score (nSPS) is 10.4. The topological polar surface area (TPSA) is 94.3 Å². The van der Waals surface area contributed by atoms with Crippen molar-refractivity contribution in [2.24, 2.45) is 0 Å². The molecule has 0 bridgehead atoms. The van der Waals surface area contributed by atoms with Crippen LogP contribution in [0.25, 0.3) is 22.9 Å². The second-order valence-corrected chi connectivity index (χ2v) is 5.94. The van der Waals surface area contributed by atoms with Crippen LogP contribution in [0.1, 0.15) is 22.3 Å². The van der Waals surface area contributed by atoms with E-state index in [1.165, 1.54) is 7.11 Å². The highest BCUT2D eigenvalue weighted by Crippen LogP contribution is 2.24. The molecule has 0 aliphatic carbocycles. The maximum Gasteiger partial charge on any atom is 0.307 e. The minimum absolute atomic E-state index is 0.129. The molecule has 1 N–H and O–H groups in total. The van der Waals surface area contributed by atoms with Crippen LogP contribution in [0.5, 0.6) is 0 Å². The van der Waals surface area contributed by atoms with Gasteiger partial charge in [0.25, 0.3) is 5.91 Å². The van der Waals surface area contributed by atoms with E-state index in [9.17, 15) is 9.59 Å². The van der Waals surface area contributed by atoms with Gasteiger partial charge in [0, 0.05) is 23.2 Å². The Labute approximate surface area is 156 Å². The standard InChI is InChI=1S/C20H19N3O4/c1-13-4-3-5-16(12-13)20-23-22-19(27-20)15-8-6-14(7-9-15)18(25)21-11-10-17(24)26-2/h3-9,12H,10-11H2,1-2H3,(H,21,25). The first-order chi connectivity index (χ1) is 13.1. The average Bonchev–Trinajstić information content (AvgIpc) is 3.18. The molecule has 7 nitrogen and oxygen atoms in total. The Morgan fingerprint density at radius 1 is 1.04 bits per heavy atom. The number of carbonyl (C=O) groups is 2. The van der Waals surface area contributed by atoms with Gasteiger partial charge in [-0.3, -0.25) is 9.59 Å². The van der Waals surface area contributed by atoms with Crippen LogP contribution >= 0.6 is 0 Å². The molecular weight excluding hydrogens is 346 g/mol. The predicted molar refractivity (Wildman–Crippen MR) is 98.9 cm³/mol. The molecule has 0 fully saturated rings. The summed E-state index contributed by atoms with van der Waals surface area (Å²) in [6, 6.07) is 14.6. The third-order valence-corrected chi connectivity index (χ3v) is 3.93. The highest BCUT2D eigenvalue weighted by molar-refractivity contribution is 5.94. The Kier molecular flexibility index (Phi) is 5.61. The van der Waals surface area contributed by atoms with Gasteiger partial charge >= 0.3 is 5.97 Å². The number of aryl methyl sites for hydroxylation is 1. The smallest absolute Gasteiger partial charge is 0.307 e. The second-order valence-electron chi connectivity index (χ2n) is 5.94. The number of nitrogens with one attached hydrogen (secondary N) is 1. The summed E-state index contributed by atoms with van der Waals surface area (Å²) in [5, 5.41) is 10.8. The molecule has 27 heavy (non-hydrogen) atoms. The van der Waals surface area contributed by atoms with Crippen LogP contribution in [-0.4, -0.2) is 35.7 Å². The quantitative estimate of drug-likeness (QED) is 0.675. The van der Waals surface area contributed by atoms with E-state index in [2.05, 4.69) is 20.3 Å². The first kappa shape index (κ1) is 18.3. The zero-order chi connectivity index (χ0) is 19.2. The van der Waals surface area contributed by atoms with Crippen LogP contribution in [0.4, 0.5) is 0 Å². The average molecular weight is 365 g/mol. The molecule has 0 aliphatic rings. The van der Waals surface area contributed by atoms with E-state index in [1.807, 2.05) is 31.2 Å². The zero-order valence-electron chi connectivity index (χ0n) is 15.1. The Balaban J connectivity index is 1.67. The largest absolute Gasteiger partial charge is 0.469 e. The molecule has 1 amide bonds. The number of amides is 1. The first-order valence-electron chi connectivity index (χ1n) is 8.43. The van der Waals surface area contributed by atoms with Crippen LogP contribution in [-0.2, 0) is 9.53 Å². The van der Waals surface area contributed by atoms with E-state index in [0.717, 1.165) is 11.1 Å². The number of hydrogen-bond acceptors (Lipinski definition) is 6. The molecule has 3 aromatic rings. The molecule has 0 saturated carbocycles. The Bertz CT molecular complexity index is 948. The van der Waals surface area contributed by atoms with Crippen LogP contribution in [0, 0.1) is 6.92 Å². The van der Waals surface area contributed by atoms with Crippen molar-refractivity contribution in [1.29, 1.82) is 0 Å². The highest BCUT2D eigenvalue weighted by Gasteiger charge is 2.12. The summed E-state index contributed by atoms with van der Waals surface area (Å²) in [6.07, 6.45) is 0.129. The van der Waals surface area contributed by atoms with Gasteiger partial charge < -0.3 is 14.5 Å². The van der Waals surface area contributed by atoms with Gasteiger partial charge in [0.15, 0.2) is 0 Å². The Morgan fingerprint density at radius 2 is 1.74 bits per heavy atom. The molecule has 0 unspecified atom stereocenters. The van der Waals surface area contributed by atoms with Crippen LogP contribution in [0.15, 0.2) is 52.9 Å². The van der Waals surface area contributed by atoms with Crippen LogP contribution in [0.3, 0.4) is 0 Å². The van der Waals surface area contributed by atoms with Crippen molar-refractivity contribution in [3.63, 3.8) is 0 Å². The fourth-order valence-corrected chi connectivity index (χ4v) is 2.48. The minimum Gasteiger partial charge on any atom is -0.469 e. The number of methoxy groups -OCH3 is 1. The number of rotatable bonds is 6. The van der Waals surface area contributed by atoms with Crippen molar-refractivity contribution in [3.8, 4) is 22.9 Å². The predicted octanol–water partition coefficient (Wildman–Crippen LogP) is 3.00. The Morgan fingerprint density at radius 3 is 2.41 bits per heavy atom. The van der Waals surface area contributed by atoms with Crippen molar-refractivity contribution in [3.05, 3.63) is 59.7 Å². The summed E-state index contributed by atoms with van der Waals surface area (Å²) in [7, 11) is 1.31. The monoisotopic (exact) mass is 365 g/mol. The van der Waals surface area contributed by atoms with Gasteiger partial charge in [-0.1, -0.05) is 17.7 Å². The van der Waals surface area contributed by atoms with Crippen LogP contribution < -0.4 is 5.32 Å². The van der Waals surface area contributed by atoms with Crippen molar-refractivity contribution in [1.82, 2.24) is 15.5 Å². The van der Waals surface area contributed by atoms with Crippen molar-refractivity contribution < 1.29 is 18.7 Å². The summed E-state index contributed by atoms with van der Waals surface area (Å²) in [5.74, 6) is 0.186. The molecule has 0 radical (unpaired) electrons. The molecule has 3 rings (SSSR count). The van der Waals surface area contributed by atoms with E-state index in [-0.39, 0.29) is 24.8 Å². The zero-order valence-corrected chi connectivity index (χ0v) is 15.1. The second kappa shape index (κ2) is 8.27. The lowest BCUT2D eigenvalue weighted by atomic mass is 10.1. The summed E-state index contributed by atoms with van der Waals surface area (Å²) >= 11 is 0. The molecule has 7 heteroatoms. The lowest BCUT2D eigenvalue weighted by Gasteiger charge is -2.04. The van der Waals surface area contributed by atoms with E-state index in [0.29, 0.717) is 22.9 Å². The fraction of sp³-hybridized carbons (Fsp3) is 0.200. The maximum atomic E-state index is 12.1. The summed E-state index contributed by atoms with van der Waals surface area (Å²) in [6.45, 7) is 2.21. The summed E-state index contributed by atoms with van der Waals surface area (Å²) in [4.78, 5) is 23.1. The molecular formula is C20H19N3O4. The lowest BCUT2D eigenvalue weighted by molar-refractivity contribution is -0.140. The number of carbonyl (C=O) groups excluding carboxylic acids is 2. The van der Waals surface area contributed by atoms with E-state index in [1.54, 1.807) is 24.3 Å². The number of aromatic nitrogens is 2. The minimum atomic E-state index is -0.369. The van der Waals surface area contributed by atoms with Gasteiger partial charge in [0.05, 0.1) is 13.5 Å². The Hall–Kier alpha value is -3.48. The number of hydrogen-bond donors (Lipinski definition) is 1. The number of esters is 1. The van der Waals surface area contributed by atoms with Crippen LogP contribution in [0.2, 0.25) is 0 Å². The molecule has 1 aromatic heterocycles. The van der Waals surface area contributed by atoms with E-state index < -0.39 is 0 Å². The van der Waals surface area contributed by atoms with Gasteiger partial charge in [-0.05, 0) is 43.3 Å². The maximum absolute atomic E-state index is 12.1. The molecule has 138 valence electrons. The summed E-state index contributed by atoms with van der Waals surface area (Å²) < 4.78 is 10.3. The third-order valence-electron chi connectivity index (χ3n) is 3.93. The third kappa shape index (κ3) is 4.58. The molecule has 0 saturated heterocycles. The highest BCUT2D eigenvalue weighted by atomic mass is 16.5. The SMILES string of the molecule is COC(=O)CCNC(=O)c1ccc(-c2nnc(-c3cccc(C)c3)o2)cc1. The van der Waals surface area contributed by atoms with Gasteiger partial charge in [0.1, 0.15) is 0 Å². The van der Waals surface area contributed by atoms with Gasteiger partial charge in [-0.15, -0.1) is 10.2 Å². The van der Waals surface area contributed by atoms with Crippen molar-refractivity contribution in [2.45, 2.75) is 13.3 Å². The first-order valence-corrected chi connectivity index (χ1v) is 8.43. The van der Waals surface area contributed by atoms with Gasteiger partial charge in [-0.25, -0.2) is 0 Å². The number of nitrogens with zero attached hydrogens (tertiary/aromatic N) is 2. The molecule has 0 aliphatic heterocycles. The van der Waals surface area contributed by atoms with Crippen molar-refractivity contribution >= 4 is 11.9 Å². The van der Waals surface area contributed by atoms with Gasteiger partial charge in [-0.2, -0.15) is 0 Å². The van der Waals surface area contributed by atoms with E-state index in [4.69, 9.17) is 4.42 Å². The molecule has 2 aromatic carbocycles. The van der Waals surface area contributed by atoms with Crippen molar-refractivity contribution in [2.75, 3.05) is 13.7 Å². The molecule has 0 spiro atoms. The number of ether oxygens (including phenoxy) is 1.